The molecule has 0 saturated carbocycles. The first-order valence-corrected chi connectivity index (χ1v) is 32.3. The standard InChI is InChI=1S/C66H125NO5/c1-3-5-7-9-11-13-15-16-17-18-26-30-33-36-40-44-48-52-56-60-66(71)72-61-57-53-49-45-41-37-34-31-28-25-23-21-19-20-22-24-27-29-32-35-39-43-47-51-55-59-65(70)67-63(62-68)64(69)58-54-50-46-42-38-14-12-10-8-6-4-2/h11,13,16-17,54,58,63-64,68-69H,3-10,12,14-15,18-53,55-57,59-62H2,1-2H3,(H,67,70)/b13-11-,17-16-,58-54+. The van der Waals surface area contributed by atoms with Crippen LogP contribution < -0.4 is 5.32 Å². The van der Waals surface area contributed by atoms with Crippen molar-refractivity contribution in [1.82, 2.24) is 5.32 Å². The van der Waals surface area contributed by atoms with E-state index in [4.69, 9.17) is 4.74 Å². The van der Waals surface area contributed by atoms with E-state index in [1.165, 1.54) is 270 Å². The predicted octanol–water partition coefficient (Wildman–Crippen LogP) is 20.4. The van der Waals surface area contributed by atoms with E-state index < -0.39 is 12.1 Å². The minimum Gasteiger partial charge on any atom is -0.466 e. The number of amides is 1. The van der Waals surface area contributed by atoms with E-state index in [1.807, 2.05) is 6.08 Å². The number of unbranched alkanes of at least 4 members (excludes halogenated alkanes) is 45. The molecule has 0 bridgehead atoms. The molecule has 0 aliphatic carbocycles. The Kier molecular flexibility index (Phi) is 60.0. The molecule has 72 heavy (non-hydrogen) atoms. The van der Waals surface area contributed by atoms with Gasteiger partial charge < -0.3 is 20.3 Å². The lowest BCUT2D eigenvalue weighted by atomic mass is 10.0. The first-order valence-electron chi connectivity index (χ1n) is 32.3. The smallest absolute Gasteiger partial charge is 0.305 e. The number of aliphatic hydroxyl groups excluding tert-OH is 2. The van der Waals surface area contributed by atoms with Gasteiger partial charge >= 0.3 is 5.97 Å². The summed E-state index contributed by atoms with van der Waals surface area (Å²) in [6.45, 7) is 4.88. The van der Waals surface area contributed by atoms with E-state index in [1.54, 1.807) is 6.08 Å². The highest BCUT2D eigenvalue weighted by Gasteiger charge is 2.18. The van der Waals surface area contributed by atoms with Gasteiger partial charge in [0.25, 0.3) is 0 Å². The third kappa shape index (κ3) is 57.4. The maximum atomic E-state index is 12.4. The fourth-order valence-electron chi connectivity index (χ4n) is 9.96. The van der Waals surface area contributed by atoms with Crippen LogP contribution >= 0.6 is 0 Å². The molecule has 0 saturated heterocycles. The second kappa shape index (κ2) is 61.6. The zero-order chi connectivity index (χ0) is 52.2. The van der Waals surface area contributed by atoms with Crippen molar-refractivity contribution in [2.24, 2.45) is 0 Å². The summed E-state index contributed by atoms with van der Waals surface area (Å²) in [6, 6.07) is -0.625. The Bertz CT molecular complexity index is 1170. The first kappa shape index (κ1) is 70.1. The van der Waals surface area contributed by atoms with Crippen LogP contribution in [0.5, 0.6) is 0 Å². The summed E-state index contributed by atoms with van der Waals surface area (Å²) in [5, 5.41) is 23.0. The van der Waals surface area contributed by atoms with Crippen molar-refractivity contribution in [3.63, 3.8) is 0 Å². The van der Waals surface area contributed by atoms with Gasteiger partial charge in [0.2, 0.25) is 5.91 Å². The van der Waals surface area contributed by atoms with Crippen LogP contribution in [-0.4, -0.2) is 47.4 Å². The minimum absolute atomic E-state index is 0.0122. The molecule has 0 aliphatic rings. The molecular weight excluding hydrogens is 887 g/mol. The number of hydrogen-bond acceptors (Lipinski definition) is 5. The Balaban J connectivity index is 3.34. The van der Waals surface area contributed by atoms with Crippen LogP contribution in [0.25, 0.3) is 0 Å². The Morgan fingerprint density at radius 2 is 0.694 bits per heavy atom. The molecule has 0 heterocycles. The molecule has 0 spiro atoms. The number of carbonyl (C=O) groups excluding carboxylic acids is 2. The van der Waals surface area contributed by atoms with Crippen LogP contribution in [0, 0.1) is 0 Å². The molecule has 0 aromatic rings. The summed E-state index contributed by atoms with van der Waals surface area (Å²) in [6.07, 6.45) is 77.7. The van der Waals surface area contributed by atoms with E-state index >= 15 is 0 Å². The lowest BCUT2D eigenvalue weighted by Gasteiger charge is -2.20. The summed E-state index contributed by atoms with van der Waals surface area (Å²) in [4.78, 5) is 24.5. The number of ether oxygens (including phenoxy) is 1. The monoisotopic (exact) mass is 1010 g/mol. The van der Waals surface area contributed by atoms with Crippen molar-refractivity contribution >= 4 is 11.9 Å². The van der Waals surface area contributed by atoms with Crippen LogP contribution in [0.1, 0.15) is 348 Å². The average Bonchev–Trinajstić information content (AvgIpc) is 3.38. The van der Waals surface area contributed by atoms with Gasteiger partial charge in [-0.1, -0.05) is 307 Å². The zero-order valence-electron chi connectivity index (χ0n) is 48.4. The van der Waals surface area contributed by atoms with E-state index in [-0.39, 0.29) is 18.5 Å². The largest absolute Gasteiger partial charge is 0.466 e. The Morgan fingerprint density at radius 1 is 0.389 bits per heavy atom. The zero-order valence-corrected chi connectivity index (χ0v) is 48.4. The number of nitrogens with one attached hydrogen (secondary N) is 1. The number of hydrogen-bond donors (Lipinski definition) is 3. The average molecular weight is 1010 g/mol. The molecule has 0 aromatic heterocycles. The summed E-state index contributed by atoms with van der Waals surface area (Å²) in [5.74, 6) is -0.0545. The number of carbonyl (C=O) groups is 2. The number of esters is 1. The molecule has 424 valence electrons. The first-order chi connectivity index (χ1) is 35.5. The van der Waals surface area contributed by atoms with Gasteiger partial charge in [0.15, 0.2) is 0 Å². The van der Waals surface area contributed by atoms with Crippen molar-refractivity contribution in [3.05, 3.63) is 36.5 Å². The van der Waals surface area contributed by atoms with Gasteiger partial charge in [-0.15, -0.1) is 0 Å². The lowest BCUT2D eigenvalue weighted by molar-refractivity contribution is -0.143. The second-order valence-corrected chi connectivity index (χ2v) is 22.1. The molecule has 6 nitrogen and oxygen atoms in total. The van der Waals surface area contributed by atoms with Crippen LogP contribution in [-0.2, 0) is 14.3 Å². The number of allylic oxidation sites excluding steroid dienone is 5. The quantitative estimate of drug-likeness (QED) is 0.0320. The van der Waals surface area contributed by atoms with Crippen molar-refractivity contribution in [1.29, 1.82) is 0 Å². The van der Waals surface area contributed by atoms with Crippen molar-refractivity contribution in [2.75, 3.05) is 13.2 Å². The van der Waals surface area contributed by atoms with Crippen LogP contribution in [0.15, 0.2) is 36.5 Å². The Hall–Kier alpha value is -1.92. The summed E-state index contributed by atoms with van der Waals surface area (Å²) >= 11 is 0. The van der Waals surface area contributed by atoms with Crippen molar-refractivity contribution < 1.29 is 24.5 Å². The molecule has 2 atom stereocenters. The molecule has 6 heteroatoms. The highest BCUT2D eigenvalue weighted by Crippen LogP contribution is 2.18. The molecule has 0 aliphatic heterocycles. The molecule has 0 rings (SSSR count). The van der Waals surface area contributed by atoms with Gasteiger partial charge in [-0.3, -0.25) is 9.59 Å². The summed E-state index contributed by atoms with van der Waals surface area (Å²) < 4.78 is 5.50. The van der Waals surface area contributed by atoms with Crippen molar-refractivity contribution in [2.45, 2.75) is 360 Å². The predicted molar refractivity (Wildman–Crippen MR) is 315 cm³/mol. The van der Waals surface area contributed by atoms with E-state index in [0.717, 1.165) is 51.4 Å². The lowest BCUT2D eigenvalue weighted by Crippen LogP contribution is -2.45. The Morgan fingerprint density at radius 3 is 1.08 bits per heavy atom. The van der Waals surface area contributed by atoms with E-state index in [2.05, 4.69) is 43.5 Å². The third-order valence-corrected chi connectivity index (χ3v) is 14.9. The van der Waals surface area contributed by atoms with Gasteiger partial charge in [-0.25, -0.2) is 0 Å². The van der Waals surface area contributed by atoms with Gasteiger partial charge in [0, 0.05) is 12.8 Å². The third-order valence-electron chi connectivity index (χ3n) is 14.9. The topological polar surface area (TPSA) is 95.9 Å². The number of rotatable bonds is 60. The van der Waals surface area contributed by atoms with E-state index in [0.29, 0.717) is 19.4 Å². The second-order valence-electron chi connectivity index (χ2n) is 22.1. The molecule has 0 fully saturated rings. The molecule has 2 unspecified atom stereocenters. The maximum absolute atomic E-state index is 12.4. The fraction of sp³-hybridized carbons (Fsp3) is 0.879. The fourth-order valence-corrected chi connectivity index (χ4v) is 9.96. The normalized spacial score (nSPS) is 12.8. The van der Waals surface area contributed by atoms with Gasteiger partial charge in [-0.2, -0.15) is 0 Å². The summed E-state index contributed by atoms with van der Waals surface area (Å²) in [5.41, 5.74) is 0. The Labute approximate surface area is 449 Å². The van der Waals surface area contributed by atoms with Gasteiger partial charge in [-0.05, 0) is 64.2 Å². The number of aliphatic hydroxyl groups is 2. The molecule has 3 N–H and O–H groups in total. The summed E-state index contributed by atoms with van der Waals surface area (Å²) in [7, 11) is 0. The van der Waals surface area contributed by atoms with Gasteiger partial charge in [0.1, 0.15) is 0 Å². The van der Waals surface area contributed by atoms with Crippen LogP contribution in [0.2, 0.25) is 0 Å². The van der Waals surface area contributed by atoms with E-state index in [9.17, 15) is 19.8 Å². The van der Waals surface area contributed by atoms with Crippen LogP contribution in [0.3, 0.4) is 0 Å². The minimum atomic E-state index is -0.842. The molecule has 0 radical (unpaired) electrons. The molecule has 0 aromatic carbocycles. The van der Waals surface area contributed by atoms with Gasteiger partial charge in [0.05, 0.1) is 25.4 Å². The van der Waals surface area contributed by atoms with Crippen molar-refractivity contribution in [3.8, 4) is 0 Å². The van der Waals surface area contributed by atoms with Crippen LogP contribution in [0.4, 0.5) is 0 Å². The maximum Gasteiger partial charge on any atom is 0.305 e. The SMILES string of the molecule is CCCCC/C=C\C/C=C\CCCCCCCCCCCC(=O)OCCCCCCCCCCCCCCCCCCCCCCCCCCCC(=O)NC(CO)C(O)/C=C/CCCCCCCCCCC. The molecular formula is C66H125NO5. The highest BCUT2D eigenvalue weighted by atomic mass is 16.5. The molecule has 1 amide bonds. The highest BCUT2D eigenvalue weighted by molar-refractivity contribution is 5.76.